The van der Waals surface area contributed by atoms with Crippen LogP contribution in [0, 0.1) is 16.7 Å². The zero-order valence-electron chi connectivity index (χ0n) is 8.31. The van der Waals surface area contributed by atoms with Crippen molar-refractivity contribution in [2.24, 2.45) is 16.7 Å². The second-order valence-electron chi connectivity index (χ2n) is 4.99. The molecule has 2 aliphatic rings. The smallest absolute Gasteiger partial charge is 0.176 e. The number of rotatable bonds is 0. The average Bonchev–Trinajstić information content (AvgIpc) is 2.36. The number of hydrogen-bond donors (Lipinski definition) is 0. The lowest BCUT2D eigenvalue weighted by atomic mass is 9.70. The number of allylic oxidation sites excluding steroid dienone is 1. The number of ketones is 1. The minimum Gasteiger partial charge on any atom is -0.293 e. The summed E-state index contributed by atoms with van der Waals surface area (Å²) < 4.78 is 0. The van der Waals surface area contributed by atoms with Gasteiger partial charge in [0.05, 0.1) is 5.57 Å². The first kappa shape index (κ1) is 8.71. The van der Waals surface area contributed by atoms with E-state index in [9.17, 15) is 9.59 Å². The molecule has 2 rings (SSSR count). The topological polar surface area (TPSA) is 34.1 Å². The van der Waals surface area contributed by atoms with Gasteiger partial charge in [-0.3, -0.25) is 4.79 Å². The predicted molar refractivity (Wildman–Crippen MR) is 48.8 cm³/mol. The Labute approximate surface area is 78.0 Å². The molecule has 70 valence electrons. The molecule has 0 N–H and O–H groups in total. The molecule has 2 saturated carbocycles. The maximum absolute atomic E-state index is 11.8. The Kier molecular flexibility index (Phi) is 1.43. The van der Waals surface area contributed by atoms with E-state index in [0.717, 1.165) is 12.8 Å². The minimum atomic E-state index is -0.301. The molecule has 0 aromatic rings. The molecule has 0 spiro atoms. The first-order valence-corrected chi connectivity index (χ1v) is 4.75. The van der Waals surface area contributed by atoms with E-state index in [4.69, 9.17) is 0 Å². The molecule has 2 bridgehead atoms. The third-order valence-corrected chi connectivity index (χ3v) is 4.43. The molecule has 2 fully saturated rings. The Bertz CT molecular complexity index is 334. The Morgan fingerprint density at radius 1 is 1.38 bits per heavy atom. The van der Waals surface area contributed by atoms with Crippen molar-refractivity contribution in [3.05, 3.63) is 5.57 Å². The maximum atomic E-state index is 11.8. The van der Waals surface area contributed by atoms with E-state index < -0.39 is 0 Å². The summed E-state index contributed by atoms with van der Waals surface area (Å²) in [5, 5.41) is 0. The molecular weight excluding hydrogens is 164 g/mol. The van der Waals surface area contributed by atoms with Gasteiger partial charge in [-0.15, -0.1) is 0 Å². The SMILES string of the molecule is CC12CCC(C(=C=O)C1=O)C2(C)C. The summed E-state index contributed by atoms with van der Waals surface area (Å²) in [5.41, 5.74) is 0.0695. The van der Waals surface area contributed by atoms with Crippen LogP contribution in [0.1, 0.15) is 33.6 Å². The third-order valence-electron chi connectivity index (χ3n) is 4.43. The van der Waals surface area contributed by atoms with Crippen LogP contribution in [0.3, 0.4) is 0 Å². The van der Waals surface area contributed by atoms with Crippen LogP contribution in [0.2, 0.25) is 0 Å². The van der Waals surface area contributed by atoms with Crippen LogP contribution < -0.4 is 0 Å². The lowest BCUT2D eigenvalue weighted by Gasteiger charge is -2.31. The summed E-state index contributed by atoms with van der Waals surface area (Å²) in [4.78, 5) is 22.5. The summed E-state index contributed by atoms with van der Waals surface area (Å²) in [6.07, 6.45) is 1.90. The van der Waals surface area contributed by atoms with Crippen molar-refractivity contribution >= 4 is 11.7 Å². The van der Waals surface area contributed by atoms with Crippen molar-refractivity contribution in [1.82, 2.24) is 0 Å². The normalized spacial score (nSPS) is 41.0. The second kappa shape index (κ2) is 2.13. The molecule has 0 amide bonds. The highest BCUT2D eigenvalue weighted by molar-refractivity contribution is 6.10. The summed E-state index contributed by atoms with van der Waals surface area (Å²) in [5.74, 6) is 2.04. The lowest BCUT2D eigenvalue weighted by Crippen LogP contribution is -2.32. The summed E-state index contributed by atoms with van der Waals surface area (Å²) in [7, 11) is 0. The van der Waals surface area contributed by atoms with Crippen molar-refractivity contribution in [3.63, 3.8) is 0 Å². The van der Waals surface area contributed by atoms with Crippen LogP contribution in [0.4, 0.5) is 0 Å². The van der Waals surface area contributed by atoms with Crippen LogP contribution in [0.5, 0.6) is 0 Å². The van der Waals surface area contributed by atoms with Gasteiger partial charge in [0.1, 0.15) is 5.94 Å². The third kappa shape index (κ3) is 0.709. The Balaban J connectivity index is 2.64. The van der Waals surface area contributed by atoms with E-state index in [1.807, 2.05) is 12.9 Å². The van der Waals surface area contributed by atoms with Crippen molar-refractivity contribution in [3.8, 4) is 0 Å². The van der Waals surface area contributed by atoms with Crippen molar-refractivity contribution in [2.45, 2.75) is 33.6 Å². The van der Waals surface area contributed by atoms with E-state index in [-0.39, 0.29) is 22.5 Å². The zero-order valence-corrected chi connectivity index (χ0v) is 8.31. The fourth-order valence-corrected chi connectivity index (χ4v) is 2.98. The van der Waals surface area contributed by atoms with Gasteiger partial charge in [-0.05, 0) is 18.3 Å². The van der Waals surface area contributed by atoms with Gasteiger partial charge in [-0.1, -0.05) is 20.8 Å². The number of fused-ring (bicyclic) bond motifs is 2. The van der Waals surface area contributed by atoms with E-state index in [0.29, 0.717) is 5.57 Å². The molecule has 2 unspecified atom stereocenters. The van der Waals surface area contributed by atoms with Gasteiger partial charge < -0.3 is 0 Å². The van der Waals surface area contributed by atoms with Crippen LogP contribution >= 0.6 is 0 Å². The predicted octanol–water partition coefficient (Wildman–Crippen LogP) is 1.77. The van der Waals surface area contributed by atoms with E-state index in [1.165, 1.54) is 0 Å². The molecule has 0 radical (unpaired) electrons. The number of hydrogen-bond acceptors (Lipinski definition) is 2. The van der Waals surface area contributed by atoms with E-state index in [1.54, 1.807) is 0 Å². The van der Waals surface area contributed by atoms with E-state index >= 15 is 0 Å². The number of Topliss-reactive ketones (excluding diaryl/α,β-unsaturated/α-hetero) is 1. The molecule has 13 heavy (non-hydrogen) atoms. The van der Waals surface area contributed by atoms with Crippen LogP contribution in [0.15, 0.2) is 5.57 Å². The quantitative estimate of drug-likeness (QED) is 0.418. The molecule has 2 nitrogen and oxygen atoms in total. The van der Waals surface area contributed by atoms with Gasteiger partial charge in [0.15, 0.2) is 5.78 Å². The zero-order chi connectivity index (χ0) is 9.85. The molecular formula is C11H14O2. The highest BCUT2D eigenvalue weighted by Gasteiger charge is 2.64. The highest BCUT2D eigenvalue weighted by atomic mass is 16.1. The fourth-order valence-electron chi connectivity index (χ4n) is 2.98. The molecule has 2 heteroatoms. The van der Waals surface area contributed by atoms with Gasteiger partial charge in [-0.2, -0.15) is 0 Å². The first-order valence-electron chi connectivity index (χ1n) is 4.75. The molecule has 0 heterocycles. The molecule has 0 aromatic heterocycles. The minimum absolute atomic E-state index is 0.0448. The van der Waals surface area contributed by atoms with Crippen LogP contribution in [-0.2, 0) is 9.59 Å². The number of carbonyl (C=O) groups is 1. The fraction of sp³-hybridized carbons (Fsp3) is 0.727. The summed E-state index contributed by atoms with van der Waals surface area (Å²) >= 11 is 0. The van der Waals surface area contributed by atoms with Gasteiger partial charge in [-0.25, -0.2) is 4.79 Å². The first-order chi connectivity index (χ1) is 5.95. The summed E-state index contributed by atoms with van der Waals surface area (Å²) in [6, 6.07) is 0. The highest BCUT2D eigenvalue weighted by Crippen LogP contribution is 2.64. The maximum Gasteiger partial charge on any atom is 0.176 e. The van der Waals surface area contributed by atoms with Crippen LogP contribution in [-0.4, -0.2) is 11.7 Å². The average molecular weight is 178 g/mol. The second-order valence-corrected chi connectivity index (χ2v) is 4.99. The molecule has 2 aliphatic carbocycles. The Morgan fingerprint density at radius 3 is 2.31 bits per heavy atom. The largest absolute Gasteiger partial charge is 0.293 e. The van der Waals surface area contributed by atoms with Gasteiger partial charge >= 0.3 is 0 Å². The molecule has 0 aliphatic heterocycles. The van der Waals surface area contributed by atoms with Crippen molar-refractivity contribution in [1.29, 1.82) is 0 Å². The van der Waals surface area contributed by atoms with Gasteiger partial charge in [0.2, 0.25) is 0 Å². The lowest BCUT2D eigenvalue weighted by molar-refractivity contribution is -0.125. The van der Waals surface area contributed by atoms with Crippen molar-refractivity contribution in [2.75, 3.05) is 0 Å². The standard InChI is InChI=1S/C11H14O2/c1-10(2)8-4-5-11(10,3)9(13)7(8)6-12/h8H,4-5H2,1-3H3. The van der Waals surface area contributed by atoms with Gasteiger partial charge in [0.25, 0.3) is 0 Å². The summed E-state index contributed by atoms with van der Waals surface area (Å²) in [6.45, 7) is 6.17. The number of carbonyl (C=O) groups excluding carboxylic acids is 2. The Hall–Kier alpha value is -0.880. The monoisotopic (exact) mass is 178 g/mol. The molecule has 0 aromatic carbocycles. The van der Waals surface area contributed by atoms with Crippen molar-refractivity contribution < 1.29 is 9.59 Å². The van der Waals surface area contributed by atoms with E-state index in [2.05, 4.69) is 13.8 Å². The molecule has 0 saturated heterocycles. The molecule has 2 atom stereocenters. The van der Waals surface area contributed by atoms with Crippen LogP contribution in [0.25, 0.3) is 0 Å². The van der Waals surface area contributed by atoms with Gasteiger partial charge in [0, 0.05) is 11.3 Å². The Morgan fingerprint density at radius 2 is 2.00 bits per heavy atom.